The van der Waals surface area contributed by atoms with Crippen LogP contribution < -0.4 is 5.32 Å². The van der Waals surface area contributed by atoms with Gasteiger partial charge in [-0.15, -0.1) is 0 Å². The highest BCUT2D eigenvalue weighted by atomic mass is 19.2. The molecule has 282 valence electrons. The van der Waals surface area contributed by atoms with E-state index in [4.69, 9.17) is 0 Å². The number of halogens is 2. The number of benzene rings is 1. The van der Waals surface area contributed by atoms with Crippen LogP contribution in [0.1, 0.15) is 122 Å². The molecule has 3 N–H and O–H groups in total. The third kappa shape index (κ3) is 4.77. The van der Waals surface area contributed by atoms with Gasteiger partial charge in [0.15, 0.2) is 17.4 Å². The predicted octanol–water partition coefficient (Wildman–Crippen LogP) is 8.38. The molecule has 11 rings (SSSR count). The van der Waals surface area contributed by atoms with Crippen molar-refractivity contribution >= 4 is 11.8 Å². The average Bonchev–Trinajstić information content (AvgIpc) is 3.34. The topological polar surface area (TPSA) is 89.9 Å². The Kier molecular flexibility index (Phi) is 7.75. The molecular formula is C44H58F2N2O4. The van der Waals surface area contributed by atoms with Crippen LogP contribution in [0.5, 0.6) is 0 Å². The van der Waals surface area contributed by atoms with Gasteiger partial charge in [0.2, 0.25) is 0 Å². The number of hydrogen-bond donors (Lipinski definition) is 3. The van der Waals surface area contributed by atoms with Crippen molar-refractivity contribution in [1.29, 1.82) is 0 Å². The van der Waals surface area contributed by atoms with E-state index in [-0.39, 0.29) is 52.6 Å². The Bertz CT molecular complexity index is 1720. The number of aliphatic hydroxyl groups is 2. The maximum atomic E-state index is 14.8. The molecule has 8 heteroatoms. The standard InChI is InChI=1S/C44H58F2N2O4/c1-26(2)47-38(51)48(24-41-19-27-15-28(20-41)17-29(16-27)21-41)25-43(52)12-9-36-40(43,4)11-8-35-39(3)10-7-31(49)22-42(39)13-14-44(35,36)32(23-42)37(50)30-5-6-33(45)34(46)18-30/h5-6,13-14,18,23,26-29,31,35-36,49,52H,7-12,15-17,19-22,24-25H2,1-4H3,(H,47,51). The van der Waals surface area contributed by atoms with E-state index < -0.39 is 39.6 Å². The third-order valence-electron chi connectivity index (χ3n) is 17.0. The largest absolute Gasteiger partial charge is 0.393 e. The normalized spacial score (nSPS) is 46.4. The molecule has 10 aliphatic rings. The van der Waals surface area contributed by atoms with Crippen LogP contribution in [0, 0.1) is 68.3 Å². The van der Waals surface area contributed by atoms with E-state index in [0.717, 1.165) is 49.1 Å². The Labute approximate surface area is 307 Å². The molecule has 0 heterocycles. The lowest BCUT2D eigenvalue weighted by atomic mass is 9.32. The summed E-state index contributed by atoms with van der Waals surface area (Å²) in [6.45, 7) is 9.46. The molecule has 0 saturated heterocycles. The number of nitrogens with one attached hydrogen (secondary N) is 1. The average molecular weight is 717 g/mol. The van der Waals surface area contributed by atoms with Crippen molar-refractivity contribution in [1.82, 2.24) is 10.2 Å². The lowest BCUT2D eigenvalue weighted by Gasteiger charge is -2.71. The number of fused-ring (bicyclic) bond motifs is 1. The number of urea groups is 1. The molecule has 7 saturated carbocycles. The fourth-order valence-corrected chi connectivity index (χ4v) is 15.1. The molecule has 1 aromatic rings. The number of carbonyl (C=O) groups excluding carboxylic acids is 2. The van der Waals surface area contributed by atoms with Crippen LogP contribution in [-0.4, -0.2) is 57.8 Å². The molecule has 8 unspecified atom stereocenters. The first kappa shape index (κ1) is 35.1. The zero-order chi connectivity index (χ0) is 36.6. The van der Waals surface area contributed by atoms with Crippen LogP contribution in [0.2, 0.25) is 0 Å². The minimum absolute atomic E-state index is 0.0260. The first-order valence-electron chi connectivity index (χ1n) is 20.4. The van der Waals surface area contributed by atoms with Crippen molar-refractivity contribution in [2.75, 3.05) is 13.1 Å². The summed E-state index contributed by atoms with van der Waals surface area (Å²) >= 11 is 0. The van der Waals surface area contributed by atoms with Crippen LogP contribution in [0.3, 0.4) is 0 Å². The maximum absolute atomic E-state index is 14.8. The van der Waals surface area contributed by atoms with Crippen molar-refractivity contribution < 1.29 is 28.6 Å². The van der Waals surface area contributed by atoms with E-state index in [1.165, 1.54) is 44.6 Å². The maximum Gasteiger partial charge on any atom is 0.317 e. The van der Waals surface area contributed by atoms with E-state index >= 15 is 0 Å². The molecule has 2 amide bonds. The zero-order valence-electron chi connectivity index (χ0n) is 31.5. The number of nitrogens with zero attached hydrogens (tertiary/aromatic N) is 1. The van der Waals surface area contributed by atoms with E-state index in [0.29, 0.717) is 37.8 Å². The highest BCUT2D eigenvalue weighted by Crippen LogP contribution is 2.78. The second-order valence-corrected chi connectivity index (χ2v) is 20.1. The smallest absolute Gasteiger partial charge is 0.317 e. The Morgan fingerprint density at radius 3 is 2.15 bits per heavy atom. The van der Waals surface area contributed by atoms with Gasteiger partial charge in [0, 0.05) is 40.0 Å². The summed E-state index contributed by atoms with van der Waals surface area (Å²) in [4.78, 5) is 30.9. The quantitative estimate of drug-likeness (QED) is 0.196. The van der Waals surface area contributed by atoms with Gasteiger partial charge in [-0.25, -0.2) is 13.6 Å². The fourth-order valence-electron chi connectivity index (χ4n) is 15.1. The van der Waals surface area contributed by atoms with Gasteiger partial charge in [-0.1, -0.05) is 32.1 Å². The minimum Gasteiger partial charge on any atom is -0.393 e. The molecule has 2 spiro atoms. The number of carbonyl (C=O) groups is 2. The monoisotopic (exact) mass is 716 g/mol. The molecule has 6 nitrogen and oxygen atoms in total. The van der Waals surface area contributed by atoms with E-state index in [1.807, 2.05) is 18.7 Å². The van der Waals surface area contributed by atoms with Gasteiger partial charge in [-0.2, -0.15) is 0 Å². The lowest BCUT2D eigenvalue weighted by molar-refractivity contribution is -0.176. The number of allylic oxidation sites excluding steroid dienone is 4. The molecule has 0 radical (unpaired) electrons. The number of amides is 2. The third-order valence-corrected chi connectivity index (χ3v) is 17.0. The van der Waals surface area contributed by atoms with Crippen LogP contribution in [0.25, 0.3) is 0 Å². The predicted molar refractivity (Wildman–Crippen MR) is 195 cm³/mol. The van der Waals surface area contributed by atoms with E-state index in [1.54, 1.807) is 0 Å². The summed E-state index contributed by atoms with van der Waals surface area (Å²) in [5.41, 5.74) is -2.38. The van der Waals surface area contributed by atoms with Crippen molar-refractivity contribution in [3.63, 3.8) is 0 Å². The molecule has 10 aliphatic carbocycles. The SMILES string of the molecule is CC(C)NC(=O)N(CC12CC3CC(CC(C3)C1)C2)CC1(O)CCC2C34C=CC5(C=C3C(=O)c3ccc(F)c(F)c3)CC(O)CCC5(C)C4CCC21C. The molecule has 0 aromatic heterocycles. The molecule has 1 aromatic carbocycles. The number of Topliss-reactive ketones (excluding diaryl/α,β-unsaturated/α-hetero) is 1. The molecule has 0 aliphatic heterocycles. The van der Waals surface area contributed by atoms with Gasteiger partial charge in [0.25, 0.3) is 0 Å². The molecule has 7 fully saturated rings. The second kappa shape index (κ2) is 11.5. The minimum atomic E-state index is -1.17. The number of hydrogen-bond acceptors (Lipinski definition) is 4. The van der Waals surface area contributed by atoms with Gasteiger partial charge in [-0.3, -0.25) is 4.79 Å². The van der Waals surface area contributed by atoms with Gasteiger partial charge in [0.05, 0.1) is 18.2 Å². The second-order valence-electron chi connectivity index (χ2n) is 20.1. The van der Waals surface area contributed by atoms with Crippen LogP contribution in [-0.2, 0) is 0 Å². The van der Waals surface area contributed by atoms with E-state index in [2.05, 4.69) is 37.4 Å². The van der Waals surface area contributed by atoms with Crippen molar-refractivity contribution in [2.24, 2.45) is 56.7 Å². The molecule has 6 bridgehead atoms. The van der Waals surface area contributed by atoms with Gasteiger partial charge in [-0.05, 0) is 156 Å². The summed E-state index contributed by atoms with van der Waals surface area (Å²) in [6.07, 6.45) is 18.5. The van der Waals surface area contributed by atoms with Gasteiger partial charge in [0.1, 0.15) is 0 Å². The Hall–Kier alpha value is -2.58. The van der Waals surface area contributed by atoms with Crippen molar-refractivity contribution in [2.45, 2.75) is 129 Å². The molecular weight excluding hydrogens is 658 g/mol. The summed E-state index contributed by atoms with van der Waals surface area (Å²) < 4.78 is 28.8. The van der Waals surface area contributed by atoms with E-state index in [9.17, 15) is 28.6 Å². The number of rotatable bonds is 7. The highest BCUT2D eigenvalue weighted by Gasteiger charge is 2.74. The van der Waals surface area contributed by atoms with Crippen LogP contribution in [0.4, 0.5) is 13.6 Å². The van der Waals surface area contributed by atoms with Gasteiger partial charge < -0.3 is 20.4 Å². The Morgan fingerprint density at radius 1 is 0.865 bits per heavy atom. The fraction of sp³-hybridized carbons (Fsp3) is 0.727. The summed E-state index contributed by atoms with van der Waals surface area (Å²) in [5.74, 6) is -0.0881. The van der Waals surface area contributed by atoms with Crippen molar-refractivity contribution in [3.8, 4) is 0 Å². The highest BCUT2D eigenvalue weighted by molar-refractivity contribution is 6.10. The summed E-state index contributed by atoms with van der Waals surface area (Å²) in [6, 6.07) is 3.31. The van der Waals surface area contributed by atoms with Gasteiger partial charge >= 0.3 is 6.03 Å². The van der Waals surface area contributed by atoms with Crippen LogP contribution >= 0.6 is 0 Å². The first-order chi connectivity index (χ1) is 24.5. The molecule has 8 atom stereocenters. The lowest BCUT2D eigenvalue weighted by Crippen LogP contribution is -2.68. The Balaban J connectivity index is 1.10. The van der Waals surface area contributed by atoms with Crippen molar-refractivity contribution in [3.05, 3.63) is 59.2 Å². The molecule has 52 heavy (non-hydrogen) atoms. The van der Waals surface area contributed by atoms with Crippen LogP contribution in [0.15, 0.2) is 42.0 Å². The first-order valence-corrected chi connectivity index (χ1v) is 20.4. The zero-order valence-corrected chi connectivity index (χ0v) is 31.5. The number of ketones is 1. The summed E-state index contributed by atoms with van der Waals surface area (Å²) in [7, 11) is 0. The Morgan fingerprint density at radius 2 is 1.50 bits per heavy atom. The number of aliphatic hydroxyl groups excluding tert-OH is 1. The summed E-state index contributed by atoms with van der Waals surface area (Å²) in [5, 5.41) is 27.4.